The van der Waals surface area contributed by atoms with E-state index < -0.39 is 0 Å². The Bertz CT molecular complexity index is 395. The minimum Gasteiger partial charge on any atom is -0.358 e. The molecule has 1 aliphatic rings. The molecule has 1 heterocycles. The number of hydrogen-bond acceptors (Lipinski definition) is 0. The molecule has 0 unspecified atom stereocenters. The molecule has 0 spiro atoms. The van der Waals surface area contributed by atoms with Crippen molar-refractivity contribution in [3.63, 3.8) is 0 Å². The summed E-state index contributed by atoms with van der Waals surface area (Å²) in [4.78, 5) is 3.48. The predicted octanol–water partition coefficient (Wildman–Crippen LogP) is 1.10. The molecule has 1 aliphatic carbocycles. The Labute approximate surface area is 72.8 Å². The van der Waals surface area contributed by atoms with Gasteiger partial charge in [-0.1, -0.05) is 12.2 Å². The Morgan fingerprint density at radius 1 is 1.17 bits per heavy atom. The average Bonchev–Trinajstić information content (AvgIpc) is 2.61. The molecule has 0 amide bonds. The number of aromatic nitrogens is 1. The van der Waals surface area contributed by atoms with E-state index in [2.05, 4.69) is 31.0 Å². The maximum Gasteiger partial charge on any atom is 0.0412 e. The van der Waals surface area contributed by atoms with Crippen molar-refractivity contribution in [3.8, 4) is 0 Å². The summed E-state index contributed by atoms with van der Waals surface area (Å²) in [7, 11) is 0. The monoisotopic (exact) mass is 161 g/mol. The molecule has 0 bridgehead atoms. The molecule has 12 heavy (non-hydrogen) atoms. The fraction of sp³-hybridized carbons (Fsp3) is 0.455. The zero-order valence-electron chi connectivity index (χ0n) is 7.78. The van der Waals surface area contributed by atoms with Crippen molar-refractivity contribution >= 4 is 12.2 Å². The molecule has 64 valence electrons. The second kappa shape index (κ2) is 2.81. The van der Waals surface area contributed by atoms with E-state index in [0.29, 0.717) is 0 Å². The first kappa shape index (κ1) is 7.66. The van der Waals surface area contributed by atoms with E-state index >= 15 is 0 Å². The first-order valence-corrected chi connectivity index (χ1v) is 4.69. The fourth-order valence-electron chi connectivity index (χ4n) is 2.13. The normalized spacial score (nSPS) is 18.8. The van der Waals surface area contributed by atoms with Crippen molar-refractivity contribution in [3.05, 3.63) is 21.8 Å². The van der Waals surface area contributed by atoms with E-state index in [1.54, 1.807) is 5.56 Å². The van der Waals surface area contributed by atoms with Crippen LogP contribution in [0.4, 0.5) is 0 Å². The lowest BCUT2D eigenvalue weighted by atomic mass is 10.2. The van der Waals surface area contributed by atoms with Crippen molar-refractivity contribution < 1.29 is 0 Å². The molecule has 1 nitrogen and oxygen atoms in total. The number of H-pyrrole nitrogens is 1. The molecule has 0 saturated carbocycles. The van der Waals surface area contributed by atoms with Crippen molar-refractivity contribution in [1.82, 2.24) is 4.98 Å². The van der Waals surface area contributed by atoms with E-state index in [0.717, 1.165) is 0 Å². The van der Waals surface area contributed by atoms with Gasteiger partial charge in [0.25, 0.3) is 0 Å². The molecule has 2 rings (SSSR count). The van der Waals surface area contributed by atoms with Gasteiger partial charge in [0.15, 0.2) is 0 Å². The van der Waals surface area contributed by atoms with Crippen LogP contribution in [-0.2, 0) is 12.8 Å². The summed E-state index contributed by atoms with van der Waals surface area (Å²) in [6, 6.07) is 0. The van der Waals surface area contributed by atoms with Gasteiger partial charge in [-0.05, 0) is 43.9 Å². The molecule has 1 aromatic heterocycles. The molecule has 1 heteroatoms. The molecule has 0 aromatic carbocycles. The maximum absolute atomic E-state index is 3.48. The number of nitrogens with one attached hydrogen (secondary N) is 1. The predicted molar refractivity (Wildman–Crippen MR) is 52.3 cm³/mol. The highest BCUT2D eigenvalue weighted by molar-refractivity contribution is 5.37. The zero-order valence-corrected chi connectivity index (χ0v) is 7.78. The van der Waals surface area contributed by atoms with Crippen molar-refractivity contribution in [2.45, 2.75) is 33.1 Å². The van der Waals surface area contributed by atoms with Crippen LogP contribution in [0, 0.1) is 0 Å². The topological polar surface area (TPSA) is 15.8 Å². The van der Waals surface area contributed by atoms with Crippen LogP contribution in [0.15, 0.2) is 0 Å². The van der Waals surface area contributed by atoms with Crippen LogP contribution in [0.5, 0.6) is 0 Å². The highest BCUT2D eigenvalue weighted by atomic mass is 14.7. The number of rotatable bonds is 0. The third-order valence-corrected chi connectivity index (χ3v) is 2.70. The summed E-state index contributed by atoms with van der Waals surface area (Å²) in [6.45, 7) is 4.21. The van der Waals surface area contributed by atoms with Gasteiger partial charge in [-0.2, -0.15) is 0 Å². The minimum absolute atomic E-state index is 1.24. The third-order valence-electron chi connectivity index (χ3n) is 2.70. The maximum atomic E-state index is 3.48. The summed E-state index contributed by atoms with van der Waals surface area (Å²) in [6.07, 6.45) is 8.21. The van der Waals surface area contributed by atoms with Crippen LogP contribution in [-0.4, -0.2) is 4.98 Å². The number of hydrogen-bond donors (Lipinski definition) is 1. The summed E-state index contributed by atoms with van der Waals surface area (Å²) in [5, 5.41) is 2.74. The quantitative estimate of drug-likeness (QED) is 0.586. The molecular weight excluding hydrogens is 146 g/mol. The summed E-state index contributed by atoms with van der Waals surface area (Å²) < 4.78 is 0. The van der Waals surface area contributed by atoms with Crippen LogP contribution in [0.1, 0.15) is 31.5 Å². The third kappa shape index (κ3) is 0.927. The number of fused-ring (bicyclic) bond motifs is 1. The number of aromatic amines is 1. The highest BCUT2D eigenvalue weighted by Crippen LogP contribution is 2.14. The molecule has 0 aliphatic heterocycles. The Morgan fingerprint density at radius 2 is 2.00 bits per heavy atom. The first-order chi connectivity index (χ1) is 5.86. The Hall–Kier alpha value is -0.980. The van der Waals surface area contributed by atoms with Gasteiger partial charge >= 0.3 is 0 Å². The van der Waals surface area contributed by atoms with Crippen LogP contribution in [0.3, 0.4) is 0 Å². The smallest absolute Gasteiger partial charge is 0.0412 e. The van der Waals surface area contributed by atoms with Gasteiger partial charge in [0.2, 0.25) is 0 Å². The molecule has 0 saturated heterocycles. The van der Waals surface area contributed by atoms with Crippen molar-refractivity contribution in [2.75, 3.05) is 0 Å². The van der Waals surface area contributed by atoms with Crippen LogP contribution in [0.25, 0.3) is 12.2 Å². The molecular formula is C11H15N. The van der Waals surface area contributed by atoms with Gasteiger partial charge < -0.3 is 4.98 Å². The summed E-state index contributed by atoms with van der Waals surface area (Å²) in [5.74, 6) is 0. The molecule has 1 aromatic rings. The Kier molecular flexibility index (Phi) is 1.80. The lowest BCUT2D eigenvalue weighted by Gasteiger charge is -1.85. The molecule has 0 atom stereocenters. The second-order valence-electron chi connectivity index (χ2n) is 3.34. The van der Waals surface area contributed by atoms with E-state index in [9.17, 15) is 0 Å². The minimum atomic E-state index is 1.24. The van der Waals surface area contributed by atoms with Gasteiger partial charge in [-0.25, -0.2) is 0 Å². The van der Waals surface area contributed by atoms with Gasteiger partial charge in [0.1, 0.15) is 0 Å². The first-order valence-electron chi connectivity index (χ1n) is 4.69. The molecule has 0 radical (unpaired) electrons. The van der Waals surface area contributed by atoms with Gasteiger partial charge in [-0.3, -0.25) is 0 Å². The van der Waals surface area contributed by atoms with E-state index in [4.69, 9.17) is 0 Å². The lowest BCUT2D eigenvalue weighted by Crippen LogP contribution is -2.24. The van der Waals surface area contributed by atoms with Crippen molar-refractivity contribution in [2.24, 2.45) is 0 Å². The van der Waals surface area contributed by atoms with Gasteiger partial charge in [0, 0.05) is 11.0 Å². The van der Waals surface area contributed by atoms with E-state index in [1.165, 1.54) is 35.5 Å². The van der Waals surface area contributed by atoms with Gasteiger partial charge in [-0.15, -0.1) is 0 Å². The van der Waals surface area contributed by atoms with Crippen LogP contribution in [0.2, 0.25) is 0 Å². The Morgan fingerprint density at radius 3 is 2.67 bits per heavy atom. The molecule has 0 fully saturated rings. The Balaban J connectivity index is 2.80. The fourth-order valence-corrected chi connectivity index (χ4v) is 2.13. The number of aryl methyl sites for hydroxylation is 1. The zero-order chi connectivity index (χ0) is 8.55. The largest absolute Gasteiger partial charge is 0.358 e. The van der Waals surface area contributed by atoms with Crippen LogP contribution < -0.4 is 10.6 Å². The second-order valence-corrected chi connectivity index (χ2v) is 3.34. The average molecular weight is 161 g/mol. The SMILES string of the molecule is C/C=c1/c2c([nH]/c1=C/C)CCC2. The van der Waals surface area contributed by atoms with E-state index in [-0.39, 0.29) is 0 Å². The van der Waals surface area contributed by atoms with Crippen LogP contribution >= 0.6 is 0 Å². The van der Waals surface area contributed by atoms with Crippen molar-refractivity contribution in [1.29, 1.82) is 0 Å². The van der Waals surface area contributed by atoms with E-state index in [1.807, 2.05) is 0 Å². The van der Waals surface area contributed by atoms with Gasteiger partial charge in [0.05, 0.1) is 0 Å². The lowest BCUT2D eigenvalue weighted by molar-refractivity contribution is 0.885. The molecule has 1 N–H and O–H groups in total. The standard InChI is InChI=1S/C11H15N/c1-3-8-9-6-5-7-11(9)12-10(8)4-2/h3-4,12H,5-7H2,1-2H3/b8-3-,10-4+. The summed E-state index contributed by atoms with van der Waals surface area (Å²) in [5.41, 5.74) is 3.03. The highest BCUT2D eigenvalue weighted by Gasteiger charge is 2.13. The summed E-state index contributed by atoms with van der Waals surface area (Å²) >= 11 is 0.